The lowest BCUT2D eigenvalue weighted by Gasteiger charge is -2.21. The van der Waals surface area contributed by atoms with E-state index in [4.69, 9.17) is 27.9 Å². The molecule has 4 aromatic rings. The summed E-state index contributed by atoms with van der Waals surface area (Å²) in [6.45, 7) is 1.63. The van der Waals surface area contributed by atoms with Crippen molar-refractivity contribution in [2.24, 2.45) is 0 Å². The van der Waals surface area contributed by atoms with E-state index in [9.17, 15) is 14.4 Å². The Labute approximate surface area is 247 Å². The Morgan fingerprint density at radius 2 is 1.78 bits per heavy atom. The lowest BCUT2D eigenvalue weighted by atomic mass is 10.1. The summed E-state index contributed by atoms with van der Waals surface area (Å²) < 4.78 is 6.06. The average Bonchev–Trinajstić information content (AvgIpc) is 2.95. The number of hydrogen-bond acceptors (Lipinski definition) is 6. The van der Waals surface area contributed by atoms with Gasteiger partial charge in [-0.25, -0.2) is 9.78 Å². The molecule has 0 saturated carbocycles. The van der Waals surface area contributed by atoms with Crippen LogP contribution in [-0.4, -0.2) is 60.4 Å². The molecule has 0 unspecified atom stereocenters. The molecule has 41 heavy (non-hydrogen) atoms. The number of ether oxygens (including phenoxy) is 1. The highest BCUT2D eigenvalue weighted by molar-refractivity contribution is 6.38. The highest BCUT2D eigenvalue weighted by Gasteiger charge is 2.20. The molecule has 2 aromatic heterocycles. The summed E-state index contributed by atoms with van der Waals surface area (Å²) in [5.74, 6) is -0.110. The molecule has 0 aliphatic rings. The van der Waals surface area contributed by atoms with Crippen molar-refractivity contribution in [3.63, 3.8) is 0 Å². The number of benzene rings is 2. The van der Waals surface area contributed by atoms with E-state index < -0.39 is 11.9 Å². The van der Waals surface area contributed by atoms with Gasteiger partial charge in [-0.05, 0) is 37.3 Å². The predicted molar refractivity (Wildman–Crippen MR) is 160 cm³/mol. The summed E-state index contributed by atoms with van der Waals surface area (Å²) in [4.78, 5) is 48.7. The molecule has 0 fully saturated rings. The lowest BCUT2D eigenvalue weighted by Crippen LogP contribution is -2.40. The number of urea groups is 1. The van der Waals surface area contributed by atoms with Crippen molar-refractivity contribution in [2.45, 2.75) is 13.5 Å². The second kappa shape index (κ2) is 12.8. The number of aryl methyl sites for hydroxylation is 1. The van der Waals surface area contributed by atoms with Crippen LogP contribution in [0.5, 0.6) is 5.75 Å². The van der Waals surface area contributed by atoms with Gasteiger partial charge in [0.15, 0.2) is 0 Å². The number of anilines is 2. The molecule has 12 heteroatoms. The van der Waals surface area contributed by atoms with Gasteiger partial charge in [-0.1, -0.05) is 41.4 Å². The summed E-state index contributed by atoms with van der Waals surface area (Å²) in [7, 11) is 4.77. The van der Waals surface area contributed by atoms with E-state index in [1.807, 2.05) is 37.3 Å². The maximum absolute atomic E-state index is 12.9. The molecule has 0 saturated heterocycles. The smallest absolute Gasteiger partial charge is 0.319 e. The second-order valence-electron chi connectivity index (χ2n) is 9.35. The highest BCUT2D eigenvalue weighted by atomic mass is 35.5. The molecule has 0 aliphatic heterocycles. The molecule has 0 bridgehead atoms. The summed E-state index contributed by atoms with van der Waals surface area (Å²) in [5, 5.41) is 6.63. The summed E-state index contributed by atoms with van der Waals surface area (Å²) in [6.07, 6.45) is 2.80. The Balaban J connectivity index is 1.41. The zero-order valence-electron chi connectivity index (χ0n) is 22.9. The van der Waals surface area contributed by atoms with Gasteiger partial charge >= 0.3 is 6.03 Å². The van der Waals surface area contributed by atoms with Gasteiger partial charge in [0, 0.05) is 49.0 Å². The molecule has 4 amide bonds. The van der Waals surface area contributed by atoms with Gasteiger partial charge in [0.1, 0.15) is 17.9 Å². The van der Waals surface area contributed by atoms with Crippen molar-refractivity contribution in [3.8, 4) is 5.75 Å². The number of para-hydroxylation sites is 1. The predicted octanol–water partition coefficient (Wildman–Crippen LogP) is 5.31. The monoisotopic (exact) mass is 594 g/mol. The van der Waals surface area contributed by atoms with Crippen molar-refractivity contribution in [1.82, 2.24) is 20.2 Å². The Morgan fingerprint density at radius 3 is 2.54 bits per heavy atom. The largest absolute Gasteiger partial charge is 0.487 e. The normalized spacial score (nSPS) is 10.7. The maximum Gasteiger partial charge on any atom is 0.319 e. The zero-order chi connectivity index (χ0) is 29.7. The minimum Gasteiger partial charge on any atom is -0.487 e. The van der Waals surface area contributed by atoms with Crippen LogP contribution < -0.4 is 20.3 Å². The maximum atomic E-state index is 12.9. The van der Waals surface area contributed by atoms with Crippen molar-refractivity contribution in [2.75, 3.05) is 37.9 Å². The van der Waals surface area contributed by atoms with E-state index >= 15 is 0 Å². The van der Waals surface area contributed by atoms with E-state index in [1.54, 1.807) is 33.3 Å². The number of halogens is 2. The standard InChI is InChI=1S/C29H28Cl2N6O4/c1-17-8-9-18-6-5-7-24(27(18)34-17)41-16-21-22(30)10-11-23(26(21)31)37(4)25(38)15-33-29(40)35-20-12-19(13-32-14-20)28(39)36(2)3/h5-14H,15-16H2,1-4H3,(H2,33,35,40). The van der Waals surface area contributed by atoms with Gasteiger partial charge in [-0.15, -0.1) is 0 Å². The van der Waals surface area contributed by atoms with Crippen LogP contribution >= 0.6 is 23.2 Å². The Morgan fingerprint density at radius 1 is 1.00 bits per heavy atom. The molecule has 212 valence electrons. The molecule has 0 radical (unpaired) electrons. The average molecular weight is 595 g/mol. The van der Waals surface area contributed by atoms with E-state index in [0.29, 0.717) is 33.3 Å². The van der Waals surface area contributed by atoms with Gasteiger partial charge in [-0.3, -0.25) is 14.6 Å². The summed E-state index contributed by atoms with van der Waals surface area (Å²) in [5.41, 5.74) is 3.09. The summed E-state index contributed by atoms with van der Waals surface area (Å²) >= 11 is 13.1. The minimum atomic E-state index is -0.641. The van der Waals surface area contributed by atoms with E-state index in [-0.39, 0.29) is 24.1 Å². The first-order valence-corrected chi connectivity index (χ1v) is 13.2. The molecular weight excluding hydrogens is 567 g/mol. The topological polar surface area (TPSA) is 117 Å². The van der Waals surface area contributed by atoms with Crippen molar-refractivity contribution < 1.29 is 19.1 Å². The van der Waals surface area contributed by atoms with Crippen LogP contribution in [0.25, 0.3) is 10.9 Å². The third-order valence-electron chi connectivity index (χ3n) is 6.14. The van der Waals surface area contributed by atoms with Crippen LogP contribution in [0.15, 0.2) is 60.9 Å². The zero-order valence-corrected chi connectivity index (χ0v) is 24.4. The molecule has 0 atom stereocenters. The number of amides is 4. The SMILES string of the molecule is Cc1ccc2cccc(OCc3c(Cl)ccc(N(C)C(=O)CNC(=O)Nc4cncc(C(=O)N(C)C)c4)c3Cl)c2n1. The molecule has 2 heterocycles. The number of aromatic nitrogens is 2. The summed E-state index contributed by atoms with van der Waals surface area (Å²) in [6, 6.07) is 13.6. The van der Waals surface area contributed by atoms with Crippen LogP contribution in [0.4, 0.5) is 16.2 Å². The van der Waals surface area contributed by atoms with Crippen LogP contribution in [-0.2, 0) is 11.4 Å². The fraction of sp³-hybridized carbons (Fsp3) is 0.207. The number of nitrogens with zero attached hydrogens (tertiary/aromatic N) is 4. The minimum absolute atomic E-state index is 0.0480. The van der Waals surface area contributed by atoms with Gasteiger partial charge in [0.05, 0.1) is 34.7 Å². The van der Waals surface area contributed by atoms with Crippen LogP contribution in [0.2, 0.25) is 10.0 Å². The molecule has 2 aromatic carbocycles. The van der Waals surface area contributed by atoms with Gasteiger partial charge in [0.2, 0.25) is 5.91 Å². The fourth-order valence-corrected chi connectivity index (χ4v) is 4.53. The number of hydrogen-bond donors (Lipinski definition) is 2. The second-order valence-corrected chi connectivity index (χ2v) is 10.1. The first-order valence-electron chi connectivity index (χ1n) is 12.5. The first kappa shape index (κ1) is 29.6. The van der Waals surface area contributed by atoms with Crippen molar-refractivity contribution >= 4 is 63.3 Å². The molecule has 0 spiro atoms. The highest BCUT2D eigenvalue weighted by Crippen LogP contribution is 2.35. The van der Waals surface area contributed by atoms with Crippen LogP contribution in [0.3, 0.4) is 0 Å². The molecule has 4 rings (SSSR count). The van der Waals surface area contributed by atoms with Gasteiger partial charge in [-0.2, -0.15) is 0 Å². The van der Waals surface area contributed by atoms with Crippen molar-refractivity contribution in [1.29, 1.82) is 0 Å². The van der Waals surface area contributed by atoms with E-state index in [1.165, 1.54) is 28.3 Å². The first-order chi connectivity index (χ1) is 19.5. The number of fused-ring (bicyclic) bond motifs is 1. The molecule has 0 aliphatic carbocycles. The quantitative estimate of drug-likeness (QED) is 0.285. The van der Waals surface area contributed by atoms with Crippen LogP contribution in [0, 0.1) is 6.92 Å². The Kier molecular flexibility index (Phi) is 9.26. The third kappa shape index (κ3) is 7.03. The van der Waals surface area contributed by atoms with Crippen LogP contribution in [0.1, 0.15) is 21.6 Å². The lowest BCUT2D eigenvalue weighted by molar-refractivity contribution is -0.117. The number of rotatable bonds is 8. The molecule has 2 N–H and O–H groups in total. The third-order valence-corrected chi connectivity index (χ3v) is 6.92. The number of pyridine rings is 2. The molecular formula is C29H28Cl2N6O4. The number of carbonyl (C=O) groups is 3. The number of likely N-dealkylation sites (N-methyl/N-ethyl adjacent to an activating group) is 1. The molecule has 10 nitrogen and oxygen atoms in total. The van der Waals surface area contributed by atoms with Gasteiger partial charge in [0.25, 0.3) is 5.91 Å². The fourth-order valence-electron chi connectivity index (χ4n) is 3.93. The Hall–Kier alpha value is -4.41. The number of nitrogens with one attached hydrogen (secondary N) is 2. The van der Waals surface area contributed by atoms with E-state index in [2.05, 4.69) is 20.6 Å². The Bertz CT molecular complexity index is 1630. The van der Waals surface area contributed by atoms with E-state index in [0.717, 1.165) is 16.6 Å². The van der Waals surface area contributed by atoms with Gasteiger partial charge < -0.3 is 25.2 Å². The van der Waals surface area contributed by atoms with Crippen molar-refractivity contribution in [3.05, 3.63) is 87.8 Å². The number of carbonyl (C=O) groups excluding carboxylic acids is 3.